The Kier molecular flexibility index (Phi) is 5.88. The minimum absolute atomic E-state index is 0. The third-order valence-corrected chi connectivity index (χ3v) is 2.68. The number of hydrogen-bond donors (Lipinski definition) is 1. The third-order valence-electron chi connectivity index (χ3n) is 2.68. The molecule has 6 heteroatoms. The smallest absolute Gasteiger partial charge is 0.410 e. The lowest BCUT2D eigenvalue weighted by molar-refractivity contribution is 0.0910. The van der Waals surface area contributed by atoms with Gasteiger partial charge in [0, 0.05) is 31.7 Å². The molecule has 0 atom stereocenters. The number of ether oxygens (including phenoxy) is 1. The molecule has 1 aliphatic rings. The molecule has 0 bridgehead atoms. The molecule has 0 saturated carbocycles. The van der Waals surface area contributed by atoms with Gasteiger partial charge in [0.1, 0.15) is 12.4 Å². The lowest BCUT2D eigenvalue weighted by atomic mass is 10.2. The molecule has 18 heavy (non-hydrogen) atoms. The number of carbonyl (C=O) groups excluding carboxylic acids is 1. The summed E-state index contributed by atoms with van der Waals surface area (Å²) in [7, 11) is 0. The minimum atomic E-state index is -0.380. The number of benzene rings is 1. The molecular formula is C12H16ClFN2O2. The molecule has 100 valence electrons. The van der Waals surface area contributed by atoms with Crippen LogP contribution in [0, 0.1) is 5.82 Å². The van der Waals surface area contributed by atoms with Crippen LogP contribution >= 0.6 is 12.4 Å². The Balaban J connectivity index is 0.00000162. The van der Waals surface area contributed by atoms with Crippen LogP contribution in [0.4, 0.5) is 9.18 Å². The van der Waals surface area contributed by atoms with Crippen LogP contribution in [0.25, 0.3) is 0 Å². The summed E-state index contributed by atoms with van der Waals surface area (Å²) in [4.78, 5) is 13.3. The normalized spacial score (nSPS) is 14.8. The summed E-state index contributed by atoms with van der Waals surface area (Å²) in [5.74, 6) is -0.347. The summed E-state index contributed by atoms with van der Waals surface area (Å²) in [5, 5.41) is 3.14. The van der Waals surface area contributed by atoms with E-state index in [2.05, 4.69) is 5.32 Å². The zero-order chi connectivity index (χ0) is 12.1. The van der Waals surface area contributed by atoms with Gasteiger partial charge in [0.05, 0.1) is 0 Å². The number of rotatable bonds is 2. The summed E-state index contributed by atoms with van der Waals surface area (Å²) >= 11 is 0. The highest BCUT2D eigenvalue weighted by atomic mass is 35.5. The van der Waals surface area contributed by atoms with Gasteiger partial charge in [-0.15, -0.1) is 12.4 Å². The molecule has 1 fully saturated rings. The van der Waals surface area contributed by atoms with Crippen molar-refractivity contribution in [1.29, 1.82) is 0 Å². The maximum atomic E-state index is 13.3. The highest BCUT2D eigenvalue weighted by molar-refractivity contribution is 5.85. The van der Waals surface area contributed by atoms with E-state index < -0.39 is 0 Å². The van der Waals surface area contributed by atoms with E-state index in [1.165, 1.54) is 6.07 Å². The Hall–Kier alpha value is -1.33. The molecule has 0 unspecified atom stereocenters. The van der Waals surface area contributed by atoms with Gasteiger partial charge < -0.3 is 15.0 Å². The van der Waals surface area contributed by atoms with Crippen molar-refractivity contribution in [3.63, 3.8) is 0 Å². The zero-order valence-corrected chi connectivity index (χ0v) is 10.7. The van der Waals surface area contributed by atoms with Crippen molar-refractivity contribution < 1.29 is 13.9 Å². The van der Waals surface area contributed by atoms with Crippen molar-refractivity contribution in [1.82, 2.24) is 10.2 Å². The maximum absolute atomic E-state index is 13.3. The van der Waals surface area contributed by atoms with Gasteiger partial charge in [-0.2, -0.15) is 0 Å². The number of nitrogens with one attached hydrogen (secondary N) is 1. The Morgan fingerprint density at radius 2 is 2.00 bits per heavy atom. The predicted octanol–water partition coefficient (Wildman–Crippen LogP) is 1.79. The van der Waals surface area contributed by atoms with E-state index in [-0.39, 0.29) is 30.9 Å². The van der Waals surface area contributed by atoms with E-state index in [1.54, 1.807) is 23.1 Å². The molecule has 0 aliphatic carbocycles. The van der Waals surface area contributed by atoms with Gasteiger partial charge in [-0.05, 0) is 6.07 Å². The highest BCUT2D eigenvalue weighted by Gasteiger charge is 2.17. The van der Waals surface area contributed by atoms with Crippen LogP contribution in [0.5, 0.6) is 0 Å². The average Bonchev–Trinajstić information content (AvgIpc) is 2.38. The summed E-state index contributed by atoms with van der Waals surface area (Å²) < 4.78 is 18.3. The standard InChI is InChI=1S/C12H15FN2O2.ClH/c13-11-4-2-1-3-10(11)9-17-12(16)15-7-5-14-6-8-15;/h1-4,14H,5-9H2;1H. The number of amides is 1. The lowest BCUT2D eigenvalue weighted by Crippen LogP contribution is -2.46. The van der Waals surface area contributed by atoms with Crippen LogP contribution in [0.15, 0.2) is 24.3 Å². The van der Waals surface area contributed by atoms with Gasteiger partial charge in [0.2, 0.25) is 0 Å². The second kappa shape index (κ2) is 7.18. The molecule has 1 saturated heterocycles. The second-order valence-electron chi connectivity index (χ2n) is 3.88. The molecule has 1 aromatic rings. The Morgan fingerprint density at radius 1 is 1.33 bits per heavy atom. The Labute approximate surface area is 112 Å². The zero-order valence-electron chi connectivity index (χ0n) is 9.89. The fourth-order valence-electron chi connectivity index (χ4n) is 1.69. The van der Waals surface area contributed by atoms with Gasteiger partial charge in [-0.1, -0.05) is 18.2 Å². The summed E-state index contributed by atoms with van der Waals surface area (Å²) in [6.07, 6.45) is -0.380. The van der Waals surface area contributed by atoms with Gasteiger partial charge in [-0.25, -0.2) is 9.18 Å². The Bertz CT molecular complexity index is 397. The number of halogens is 2. The quantitative estimate of drug-likeness (QED) is 0.894. The first-order valence-corrected chi connectivity index (χ1v) is 5.63. The lowest BCUT2D eigenvalue weighted by Gasteiger charge is -2.26. The van der Waals surface area contributed by atoms with Gasteiger partial charge in [-0.3, -0.25) is 0 Å². The molecule has 0 radical (unpaired) electrons. The second-order valence-corrected chi connectivity index (χ2v) is 3.88. The summed E-state index contributed by atoms with van der Waals surface area (Å²) in [6, 6.07) is 6.29. The van der Waals surface area contributed by atoms with Crippen molar-refractivity contribution in [2.75, 3.05) is 26.2 Å². The average molecular weight is 275 g/mol. The van der Waals surface area contributed by atoms with Crippen LogP contribution < -0.4 is 5.32 Å². The van der Waals surface area contributed by atoms with Crippen LogP contribution in [-0.2, 0) is 11.3 Å². The SMILES string of the molecule is Cl.O=C(OCc1ccccc1F)N1CCNCC1. The van der Waals surface area contributed by atoms with Gasteiger partial charge in [0.25, 0.3) is 0 Å². The minimum Gasteiger partial charge on any atom is -0.444 e. The molecule has 1 N–H and O–H groups in total. The molecule has 0 spiro atoms. The molecule has 1 amide bonds. The molecular weight excluding hydrogens is 259 g/mol. The molecule has 1 aliphatic heterocycles. The molecule has 4 nitrogen and oxygen atoms in total. The number of hydrogen-bond acceptors (Lipinski definition) is 3. The Morgan fingerprint density at radius 3 is 2.67 bits per heavy atom. The van der Waals surface area contributed by atoms with E-state index >= 15 is 0 Å². The van der Waals surface area contributed by atoms with Crippen molar-refractivity contribution in [2.45, 2.75) is 6.61 Å². The first-order valence-electron chi connectivity index (χ1n) is 5.63. The van der Waals surface area contributed by atoms with Crippen molar-refractivity contribution >= 4 is 18.5 Å². The highest BCUT2D eigenvalue weighted by Crippen LogP contribution is 2.08. The van der Waals surface area contributed by atoms with Crippen LogP contribution in [-0.4, -0.2) is 37.2 Å². The first-order chi connectivity index (χ1) is 8.27. The predicted molar refractivity (Wildman–Crippen MR) is 68.3 cm³/mol. The van der Waals surface area contributed by atoms with E-state index in [0.717, 1.165) is 13.1 Å². The van der Waals surface area contributed by atoms with Crippen LogP contribution in [0.2, 0.25) is 0 Å². The van der Waals surface area contributed by atoms with Crippen molar-refractivity contribution in [3.8, 4) is 0 Å². The fraction of sp³-hybridized carbons (Fsp3) is 0.417. The molecule has 2 rings (SSSR count). The molecule has 0 aromatic heterocycles. The monoisotopic (exact) mass is 274 g/mol. The van der Waals surface area contributed by atoms with Gasteiger partial charge in [0.15, 0.2) is 0 Å². The van der Waals surface area contributed by atoms with Gasteiger partial charge >= 0.3 is 6.09 Å². The van der Waals surface area contributed by atoms with E-state index in [1.807, 2.05) is 0 Å². The first kappa shape index (κ1) is 14.7. The van der Waals surface area contributed by atoms with E-state index in [4.69, 9.17) is 4.74 Å². The number of nitrogens with zero attached hydrogens (tertiary/aromatic N) is 1. The summed E-state index contributed by atoms with van der Waals surface area (Å²) in [6.45, 7) is 2.80. The largest absolute Gasteiger partial charge is 0.444 e. The van der Waals surface area contributed by atoms with Crippen LogP contribution in [0.1, 0.15) is 5.56 Å². The van der Waals surface area contributed by atoms with E-state index in [9.17, 15) is 9.18 Å². The number of piperazine rings is 1. The number of carbonyl (C=O) groups is 1. The summed E-state index contributed by atoms with van der Waals surface area (Å²) in [5.41, 5.74) is 0.399. The third kappa shape index (κ3) is 3.85. The molecule has 1 heterocycles. The topological polar surface area (TPSA) is 41.6 Å². The molecule has 1 aromatic carbocycles. The maximum Gasteiger partial charge on any atom is 0.410 e. The van der Waals surface area contributed by atoms with Crippen molar-refractivity contribution in [2.24, 2.45) is 0 Å². The van der Waals surface area contributed by atoms with Crippen molar-refractivity contribution in [3.05, 3.63) is 35.6 Å². The van der Waals surface area contributed by atoms with E-state index in [0.29, 0.717) is 18.7 Å². The fourth-order valence-corrected chi connectivity index (χ4v) is 1.69. The van der Waals surface area contributed by atoms with Crippen LogP contribution in [0.3, 0.4) is 0 Å².